The summed E-state index contributed by atoms with van der Waals surface area (Å²) in [5.41, 5.74) is 0.744. The number of carbonyl (C=O) groups excluding carboxylic acids is 1. The van der Waals surface area contributed by atoms with Crippen LogP contribution < -0.4 is 5.32 Å². The number of hydrogen-bond donors (Lipinski definition) is 2. The van der Waals surface area contributed by atoms with E-state index in [1.54, 1.807) is 25.1 Å². The predicted octanol–water partition coefficient (Wildman–Crippen LogP) is 1.34. The van der Waals surface area contributed by atoms with Crippen molar-refractivity contribution in [3.8, 4) is 0 Å². The van der Waals surface area contributed by atoms with Crippen LogP contribution in [0.3, 0.4) is 0 Å². The molecule has 0 heterocycles. The van der Waals surface area contributed by atoms with Crippen molar-refractivity contribution in [1.29, 1.82) is 0 Å². The number of nitrogens with one attached hydrogen (secondary N) is 1. The second kappa shape index (κ2) is 6.02. The number of aliphatic hydroxyl groups is 1. The van der Waals surface area contributed by atoms with E-state index in [1.165, 1.54) is 18.2 Å². The molecule has 86 valence electrons. The molecule has 0 aromatic heterocycles. The first-order chi connectivity index (χ1) is 7.61. The van der Waals surface area contributed by atoms with E-state index in [9.17, 15) is 9.18 Å². The smallest absolute Gasteiger partial charge is 0.244 e. The van der Waals surface area contributed by atoms with Crippen LogP contribution >= 0.6 is 0 Å². The van der Waals surface area contributed by atoms with Gasteiger partial charge in [0.25, 0.3) is 0 Å². The van der Waals surface area contributed by atoms with Crippen LogP contribution in [0.1, 0.15) is 12.5 Å². The van der Waals surface area contributed by atoms with Crippen LogP contribution in [0, 0.1) is 5.82 Å². The molecule has 1 aromatic rings. The van der Waals surface area contributed by atoms with Crippen LogP contribution in [-0.4, -0.2) is 23.7 Å². The quantitative estimate of drug-likeness (QED) is 0.757. The minimum Gasteiger partial charge on any atom is -0.394 e. The number of rotatable bonds is 4. The van der Waals surface area contributed by atoms with Crippen molar-refractivity contribution in [3.05, 3.63) is 41.7 Å². The third kappa shape index (κ3) is 4.23. The Morgan fingerprint density at radius 3 is 2.69 bits per heavy atom. The maximum absolute atomic E-state index is 12.6. The minimum atomic E-state index is -0.310. The van der Waals surface area contributed by atoms with Gasteiger partial charge in [0.15, 0.2) is 0 Å². The molecule has 4 heteroatoms. The normalized spacial score (nSPS) is 12.7. The minimum absolute atomic E-state index is 0.101. The molecule has 1 atom stereocenters. The number of hydrogen-bond acceptors (Lipinski definition) is 2. The molecule has 0 aliphatic heterocycles. The summed E-state index contributed by atoms with van der Waals surface area (Å²) in [6.07, 6.45) is 2.93. The number of halogens is 1. The monoisotopic (exact) mass is 223 g/mol. The highest BCUT2D eigenvalue weighted by Gasteiger charge is 2.01. The van der Waals surface area contributed by atoms with Gasteiger partial charge >= 0.3 is 0 Å². The molecular weight excluding hydrogens is 209 g/mol. The van der Waals surface area contributed by atoms with Crippen LogP contribution in [0.4, 0.5) is 4.39 Å². The highest BCUT2D eigenvalue weighted by molar-refractivity contribution is 5.91. The van der Waals surface area contributed by atoms with Crippen LogP contribution in [0.5, 0.6) is 0 Å². The SMILES string of the molecule is C[C@H](CO)NC(=O)C=Cc1ccc(F)cc1. The summed E-state index contributed by atoms with van der Waals surface area (Å²) in [5, 5.41) is 11.3. The Morgan fingerprint density at radius 1 is 1.50 bits per heavy atom. The van der Waals surface area contributed by atoms with Gasteiger partial charge in [-0.3, -0.25) is 4.79 Å². The highest BCUT2D eigenvalue weighted by atomic mass is 19.1. The van der Waals surface area contributed by atoms with E-state index in [0.717, 1.165) is 5.56 Å². The molecule has 16 heavy (non-hydrogen) atoms. The Kier molecular flexibility index (Phi) is 4.66. The molecule has 0 fully saturated rings. The molecule has 1 aromatic carbocycles. The van der Waals surface area contributed by atoms with E-state index in [4.69, 9.17) is 5.11 Å². The number of benzene rings is 1. The van der Waals surface area contributed by atoms with Gasteiger partial charge in [-0.1, -0.05) is 12.1 Å². The summed E-state index contributed by atoms with van der Waals surface area (Å²) in [4.78, 5) is 11.3. The fourth-order valence-corrected chi connectivity index (χ4v) is 1.08. The van der Waals surface area contributed by atoms with Gasteiger partial charge in [0, 0.05) is 12.1 Å². The highest BCUT2D eigenvalue weighted by Crippen LogP contribution is 2.04. The zero-order valence-corrected chi connectivity index (χ0v) is 8.98. The summed E-state index contributed by atoms with van der Waals surface area (Å²) in [6.45, 7) is 1.60. The van der Waals surface area contributed by atoms with E-state index in [1.807, 2.05) is 0 Å². The standard InChI is InChI=1S/C12H14FNO2/c1-9(8-15)14-12(16)7-4-10-2-5-11(13)6-3-10/h2-7,9,15H,8H2,1H3,(H,14,16)/t9-/m1/s1. The van der Waals surface area contributed by atoms with E-state index in [2.05, 4.69) is 5.32 Å². The molecule has 2 N–H and O–H groups in total. The van der Waals surface area contributed by atoms with Gasteiger partial charge in [0.2, 0.25) is 5.91 Å². The molecule has 0 radical (unpaired) electrons. The molecule has 0 saturated carbocycles. The van der Waals surface area contributed by atoms with Gasteiger partial charge < -0.3 is 10.4 Å². The third-order valence-corrected chi connectivity index (χ3v) is 1.96. The van der Waals surface area contributed by atoms with Crippen molar-refractivity contribution < 1.29 is 14.3 Å². The van der Waals surface area contributed by atoms with E-state index < -0.39 is 0 Å². The summed E-state index contributed by atoms with van der Waals surface area (Å²) >= 11 is 0. The van der Waals surface area contributed by atoms with Gasteiger partial charge in [0.05, 0.1) is 6.61 Å². The Balaban J connectivity index is 2.53. The summed E-state index contributed by atoms with van der Waals surface area (Å²) in [6, 6.07) is 5.54. The number of carbonyl (C=O) groups is 1. The van der Waals surface area contributed by atoms with E-state index in [-0.39, 0.29) is 24.4 Å². The second-order valence-corrected chi connectivity index (χ2v) is 3.48. The zero-order valence-electron chi connectivity index (χ0n) is 8.98. The maximum atomic E-state index is 12.6. The summed E-state index contributed by atoms with van der Waals surface area (Å²) in [7, 11) is 0. The number of aliphatic hydroxyl groups excluding tert-OH is 1. The third-order valence-electron chi connectivity index (χ3n) is 1.96. The van der Waals surface area contributed by atoms with E-state index >= 15 is 0 Å². The molecule has 1 rings (SSSR count). The van der Waals surface area contributed by atoms with Crippen LogP contribution in [0.25, 0.3) is 6.08 Å². The van der Waals surface area contributed by atoms with Crippen molar-refractivity contribution in [2.45, 2.75) is 13.0 Å². The summed E-state index contributed by atoms with van der Waals surface area (Å²) in [5.74, 6) is -0.596. The molecule has 0 spiro atoms. The van der Waals surface area contributed by atoms with Crippen molar-refractivity contribution >= 4 is 12.0 Å². The molecule has 0 unspecified atom stereocenters. The Morgan fingerprint density at radius 2 is 2.12 bits per heavy atom. The van der Waals surface area contributed by atoms with Gasteiger partial charge in [-0.15, -0.1) is 0 Å². The van der Waals surface area contributed by atoms with Crippen molar-refractivity contribution in [1.82, 2.24) is 5.32 Å². The fourth-order valence-electron chi connectivity index (χ4n) is 1.08. The molecule has 0 bridgehead atoms. The summed E-state index contributed by atoms with van der Waals surface area (Å²) < 4.78 is 12.6. The first kappa shape index (κ1) is 12.4. The first-order valence-electron chi connectivity index (χ1n) is 4.97. The van der Waals surface area contributed by atoms with Gasteiger partial charge in [-0.2, -0.15) is 0 Å². The van der Waals surface area contributed by atoms with Gasteiger partial charge in [-0.05, 0) is 30.7 Å². The Hall–Kier alpha value is -1.68. The lowest BCUT2D eigenvalue weighted by molar-refractivity contribution is -0.117. The van der Waals surface area contributed by atoms with Crippen molar-refractivity contribution in [2.75, 3.05) is 6.61 Å². The molecule has 0 aliphatic rings. The predicted molar refractivity (Wildman–Crippen MR) is 60.1 cm³/mol. The maximum Gasteiger partial charge on any atom is 0.244 e. The van der Waals surface area contributed by atoms with Crippen LogP contribution in [-0.2, 0) is 4.79 Å². The molecular formula is C12H14FNO2. The average molecular weight is 223 g/mol. The fraction of sp³-hybridized carbons (Fsp3) is 0.250. The second-order valence-electron chi connectivity index (χ2n) is 3.48. The zero-order chi connectivity index (χ0) is 12.0. The van der Waals surface area contributed by atoms with Crippen LogP contribution in [0.15, 0.2) is 30.3 Å². The molecule has 3 nitrogen and oxygen atoms in total. The molecule has 0 saturated heterocycles. The lowest BCUT2D eigenvalue weighted by atomic mass is 10.2. The lowest BCUT2D eigenvalue weighted by Gasteiger charge is -2.07. The van der Waals surface area contributed by atoms with Crippen molar-refractivity contribution in [3.63, 3.8) is 0 Å². The average Bonchev–Trinajstić information content (AvgIpc) is 2.28. The molecule has 0 aliphatic carbocycles. The van der Waals surface area contributed by atoms with E-state index in [0.29, 0.717) is 0 Å². The Bertz CT molecular complexity index is 373. The Labute approximate surface area is 93.6 Å². The molecule has 1 amide bonds. The lowest BCUT2D eigenvalue weighted by Crippen LogP contribution is -2.33. The first-order valence-corrected chi connectivity index (χ1v) is 4.97. The van der Waals surface area contributed by atoms with Crippen LogP contribution in [0.2, 0.25) is 0 Å². The van der Waals surface area contributed by atoms with Gasteiger partial charge in [0.1, 0.15) is 5.82 Å². The van der Waals surface area contributed by atoms with Gasteiger partial charge in [-0.25, -0.2) is 4.39 Å². The topological polar surface area (TPSA) is 49.3 Å². The van der Waals surface area contributed by atoms with Crippen molar-refractivity contribution in [2.24, 2.45) is 0 Å². The number of amides is 1. The largest absolute Gasteiger partial charge is 0.394 e.